The van der Waals surface area contributed by atoms with Gasteiger partial charge in [0.25, 0.3) is 10.0 Å². The Morgan fingerprint density at radius 2 is 1.78 bits per heavy atom. The monoisotopic (exact) mass is 460 g/mol. The molecule has 0 aromatic heterocycles. The highest BCUT2D eigenvalue weighted by molar-refractivity contribution is 7.92. The SMILES string of the molecule is CCCCCc1ccc(S(=O)(=O)Nc2cc(C(=O)OCC)ccc2N2CCOCC2)cc1. The summed E-state index contributed by atoms with van der Waals surface area (Å²) in [5.41, 5.74) is 2.48. The van der Waals surface area contributed by atoms with Gasteiger partial charge in [-0.1, -0.05) is 31.9 Å². The van der Waals surface area contributed by atoms with Crippen LogP contribution in [0, 0.1) is 0 Å². The van der Waals surface area contributed by atoms with E-state index in [-0.39, 0.29) is 11.5 Å². The number of morpholine rings is 1. The summed E-state index contributed by atoms with van der Waals surface area (Å²) in [4.78, 5) is 14.5. The Labute approximate surface area is 190 Å². The van der Waals surface area contributed by atoms with Crippen molar-refractivity contribution in [2.75, 3.05) is 42.5 Å². The van der Waals surface area contributed by atoms with Gasteiger partial charge in [-0.2, -0.15) is 0 Å². The number of carbonyl (C=O) groups is 1. The number of sulfonamides is 1. The molecule has 1 N–H and O–H groups in total. The molecular weight excluding hydrogens is 428 g/mol. The topological polar surface area (TPSA) is 84.9 Å². The molecule has 0 unspecified atom stereocenters. The highest BCUT2D eigenvalue weighted by Crippen LogP contribution is 2.30. The lowest BCUT2D eigenvalue weighted by molar-refractivity contribution is 0.0526. The molecule has 174 valence electrons. The largest absolute Gasteiger partial charge is 0.462 e. The van der Waals surface area contributed by atoms with Crippen LogP contribution in [0.25, 0.3) is 0 Å². The minimum Gasteiger partial charge on any atom is -0.462 e. The number of aryl methyl sites for hydroxylation is 1. The number of benzene rings is 2. The second-order valence-corrected chi connectivity index (χ2v) is 9.44. The number of hydrogen-bond donors (Lipinski definition) is 1. The van der Waals surface area contributed by atoms with Gasteiger partial charge >= 0.3 is 5.97 Å². The Kier molecular flexibility index (Phi) is 8.53. The van der Waals surface area contributed by atoms with E-state index in [1.807, 2.05) is 17.0 Å². The average molecular weight is 461 g/mol. The molecule has 1 aliphatic rings. The van der Waals surface area contributed by atoms with Crippen molar-refractivity contribution >= 4 is 27.4 Å². The van der Waals surface area contributed by atoms with Gasteiger partial charge in [-0.15, -0.1) is 0 Å². The molecule has 0 aliphatic carbocycles. The molecule has 1 fully saturated rings. The number of nitrogens with one attached hydrogen (secondary N) is 1. The highest BCUT2D eigenvalue weighted by Gasteiger charge is 2.22. The van der Waals surface area contributed by atoms with Crippen molar-refractivity contribution in [2.45, 2.75) is 44.4 Å². The molecule has 2 aromatic carbocycles. The first-order valence-corrected chi connectivity index (χ1v) is 12.7. The third-order valence-electron chi connectivity index (χ3n) is 5.41. The molecule has 0 amide bonds. The van der Waals surface area contributed by atoms with Gasteiger partial charge in [0.1, 0.15) is 0 Å². The van der Waals surface area contributed by atoms with Gasteiger partial charge < -0.3 is 14.4 Å². The van der Waals surface area contributed by atoms with Gasteiger partial charge in [0.15, 0.2) is 0 Å². The lowest BCUT2D eigenvalue weighted by atomic mass is 10.1. The minimum absolute atomic E-state index is 0.186. The van der Waals surface area contributed by atoms with Gasteiger partial charge in [-0.3, -0.25) is 4.72 Å². The number of rotatable bonds is 10. The van der Waals surface area contributed by atoms with E-state index < -0.39 is 16.0 Å². The predicted octanol–water partition coefficient (Wildman–Crippen LogP) is 4.23. The van der Waals surface area contributed by atoms with E-state index >= 15 is 0 Å². The molecule has 0 bridgehead atoms. The van der Waals surface area contributed by atoms with Crippen LogP contribution in [-0.2, 0) is 25.9 Å². The van der Waals surface area contributed by atoms with Crippen LogP contribution in [0.1, 0.15) is 49.0 Å². The van der Waals surface area contributed by atoms with Gasteiger partial charge in [-0.25, -0.2) is 13.2 Å². The van der Waals surface area contributed by atoms with E-state index in [2.05, 4.69) is 11.6 Å². The summed E-state index contributed by atoms with van der Waals surface area (Å²) in [5.74, 6) is -0.488. The molecular formula is C24H32N2O5S. The van der Waals surface area contributed by atoms with Crippen molar-refractivity contribution in [3.8, 4) is 0 Å². The van der Waals surface area contributed by atoms with Crippen molar-refractivity contribution in [3.63, 3.8) is 0 Å². The molecule has 0 saturated carbocycles. The van der Waals surface area contributed by atoms with Crippen LogP contribution in [0.4, 0.5) is 11.4 Å². The smallest absolute Gasteiger partial charge is 0.338 e. The molecule has 1 saturated heterocycles. The number of ether oxygens (including phenoxy) is 2. The van der Waals surface area contributed by atoms with Crippen LogP contribution in [-0.4, -0.2) is 47.3 Å². The van der Waals surface area contributed by atoms with Crippen molar-refractivity contribution in [3.05, 3.63) is 53.6 Å². The first kappa shape index (κ1) is 24.1. The molecule has 0 atom stereocenters. The van der Waals surface area contributed by atoms with Crippen LogP contribution in [0.2, 0.25) is 0 Å². The molecule has 8 heteroatoms. The summed E-state index contributed by atoms with van der Waals surface area (Å²) in [7, 11) is -3.83. The normalized spacial score (nSPS) is 14.2. The number of unbranched alkanes of at least 4 members (excludes halogenated alkanes) is 2. The maximum Gasteiger partial charge on any atom is 0.338 e. The highest BCUT2D eigenvalue weighted by atomic mass is 32.2. The zero-order chi connectivity index (χ0) is 23.0. The first-order chi connectivity index (χ1) is 15.4. The zero-order valence-electron chi connectivity index (χ0n) is 18.8. The second-order valence-electron chi connectivity index (χ2n) is 7.76. The molecule has 3 rings (SSSR count). The minimum atomic E-state index is -3.83. The second kappa shape index (κ2) is 11.3. The van der Waals surface area contributed by atoms with Crippen molar-refractivity contribution in [1.82, 2.24) is 0 Å². The summed E-state index contributed by atoms with van der Waals surface area (Å²) >= 11 is 0. The number of carbonyl (C=O) groups excluding carboxylic acids is 1. The Bertz CT molecular complexity index is 1000. The van der Waals surface area contributed by atoms with Gasteiger partial charge in [0.05, 0.1) is 41.7 Å². The Hall–Kier alpha value is -2.58. The van der Waals surface area contributed by atoms with E-state index in [0.29, 0.717) is 43.2 Å². The fourth-order valence-corrected chi connectivity index (χ4v) is 4.72. The first-order valence-electron chi connectivity index (χ1n) is 11.2. The lowest BCUT2D eigenvalue weighted by Crippen LogP contribution is -2.36. The molecule has 7 nitrogen and oxygen atoms in total. The number of hydrogen-bond acceptors (Lipinski definition) is 6. The van der Waals surface area contributed by atoms with E-state index in [1.54, 1.807) is 37.3 Å². The summed E-state index contributed by atoms with van der Waals surface area (Å²) in [6.45, 7) is 6.53. The molecule has 0 radical (unpaired) electrons. The number of anilines is 2. The van der Waals surface area contributed by atoms with Gasteiger partial charge in [0, 0.05) is 13.1 Å². The maximum absolute atomic E-state index is 13.1. The Balaban J connectivity index is 1.87. The summed E-state index contributed by atoms with van der Waals surface area (Å²) < 4.78 is 39.5. The standard InChI is InChI=1S/C24H32N2O5S/c1-3-5-6-7-19-8-11-21(12-9-19)32(28,29)25-22-18-20(24(27)31-4-2)10-13-23(22)26-14-16-30-17-15-26/h8-13,18,25H,3-7,14-17H2,1-2H3. The Morgan fingerprint density at radius 1 is 1.06 bits per heavy atom. The van der Waals surface area contributed by atoms with E-state index in [4.69, 9.17) is 9.47 Å². The van der Waals surface area contributed by atoms with Crippen LogP contribution < -0.4 is 9.62 Å². The summed E-state index contributed by atoms with van der Waals surface area (Å²) in [6, 6.07) is 11.9. The number of esters is 1. The van der Waals surface area contributed by atoms with Crippen LogP contribution >= 0.6 is 0 Å². The summed E-state index contributed by atoms with van der Waals surface area (Å²) in [6.07, 6.45) is 4.32. The van der Waals surface area contributed by atoms with Crippen molar-refractivity contribution in [2.24, 2.45) is 0 Å². The molecule has 2 aromatic rings. The van der Waals surface area contributed by atoms with Gasteiger partial charge in [-0.05, 0) is 55.7 Å². The third-order valence-corrected chi connectivity index (χ3v) is 6.79. The van der Waals surface area contributed by atoms with Crippen molar-refractivity contribution < 1.29 is 22.7 Å². The molecule has 1 aliphatic heterocycles. The molecule has 32 heavy (non-hydrogen) atoms. The third kappa shape index (κ3) is 6.23. The van der Waals surface area contributed by atoms with E-state index in [0.717, 1.165) is 31.2 Å². The fraction of sp³-hybridized carbons (Fsp3) is 0.458. The predicted molar refractivity (Wildman–Crippen MR) is 126 cm³/mol. The quantitative estimate of drug-likeness (QED) is 0.422. The summed E-state index contributed by atoms with van der Waals surface area (Å²) in [5, 5.41) is 0. The van der Waals surface area contributed by atoms with Crippen molar-refractivity contribution in [1.29, 1.82) is 0 Å². The zero-order valence-corrected chi connectivity index (χ0v) is 19.6. The lowest BCUT2D eigenvalue weighted by Gasteiger charge is -2.30. The average Bonchev–Trinajstić information content (AvgIpc) is 2.80. The molecule has 0 spiro atoms. The van der Waals surface area contributed by atoms with E-state index in [1.165, 1.54) is 0 Å². The van der Waals surface area contributed by atoms with Gasteiger partial charge in [0.2, 0.25) is 0 Å². The number of nitrogens with zero attached hydrogens (tertiary/aromatic N) is 1. The van der Waals surface area contributed by atoms with Crippen LogP contribution in [0.5, 0.6) is 0 Å². The fourth-order valence-electron chi connectivity index (χ4n) is 3.66. The molecule has 1 heterocycles. The van der Waals surface area contributed by atoms with E-state index in [9.17, 15) is 13.2 Å². The van der Waals surface area contributed by atoms with Crippen LogP contribution in [0.3, 0.4) is 0 Å². The van der Waals surface area contributed by atoms with Crippen LogP contribution in [0.15, 0.2) is 47.4 Å². The Morgan fingerprint density at radius 3 is 2.44 bits per heavy atom. The maximum atomic E-state index is 13.1.